The Morgan fingerprint density at radius 2 is 1.95 bits per heavy atom. The highest BCUT2D eigenvalue weighted by molar-refractivity contribution is 5.46. The maximum absolute atomic E-state index is 5.86. The van der Waals surface area contributed by atoms with Crippen LogP contribution in [0, 0.1) is 5.92 Å². The summed E-state index contributed by atoms with van der Waals surface area (Å²) < 4.78 is 5.23. The van der Waals surface area contributed by atoms with Gasteiger partial charge in [-0.25, -0.2) is 9.97 Å². The van der Waals surface area contributed by atoms with E-state index < -0.39 is 0 Å². The van der Waals surface area contributed by atoms with Crippen molar-refractivity contribution in [1.29, 1.82) is 0 Å². The number of rotatable bonds is 5. The molecule has 0 spiro atoms. The number of aromatic nitrogens is 2. The molecule has 1 atom stereocenters. The smallest absolute Gasteiger partial charge is 0.138 e. The topological polar surface area (TPSA) is 73.1 Å². The van der Waals surface area contributed by atoms with Crippen LogP contribution < -0.4 is 11.1 Å². The molecule has 1 rings (SSSR count). The van der Waals surface area contributed by atoms with Crippen molar-refractivity contribution in [3.8, 4) is 0 Å². The number of nitrogen functional groups attached to an aromatic ring is 1. The molecule has 0 aliphatic carbocycles. The zero-order valence-electron chi connectivity index (χ0n) is 12.8. The fraction of sp³-hybridized carbons (Fsp3) is 0.714. The minimum absolute atomic E-state index is 0.125. The van der Waals surface area contributed by atoms with Crippen LogP contribution in [0.3, 0.4) is 0 Å². The summed E-state index contributed by atoms with van der Waals surface area (Å²) in [5.74, 6) is 2.43. The van der Waals surface area contributed by atoms with E-state index in [0.29, 0.717) is 18.3 Å². The quantitative estimate of drug-likeness (QED) is 0.856. The van der Waals surface area contributed by atoms with E-state index >= 15 is 0 Å². The van der Waals surface area contributed by atoms with Gasteiger partial charge in [-0.05, 0) is 5.92 Å². The number of ether oxygens (including phenoxy) is 1. The van der Waals surface area contributed by atoms with Crippen LogP contribution in [0.2, 0.25) is 0 Å². The van der Waals surface area contributed by atoms with Gasteiger partial charge in [-0.3, -0.25) is 0 Å². The third-order valence-electron chi connectivity index (χ3n) is 2.90. The van der Waals surface area contributed by atoms with E-state index in [1.54, 1.807) is 13.2 Å². The third kappa shape index (κ3) is 4.67. The van der Waals surface area contributed by atoms with Crippen LogP contribution in [0.15, 0.2) is 6.07 Å². The number of hydrogen-bond donors (Lipinski definition) is 2. The van der Waals surface area contributed by atoms with Crippen LogP contribution in [-0.4, -0.2) is 29.7 Å². The Hall–Kier alpha value is -1.36. The highest BCUT2D eigenvalue weighted by Crippen LogP contribution is 2.22. The first-order chi connectivity index (χ1) is 8.74. The monoisotopic (exact) mass is 266 g/mol. The molecular formula is C14H26N4O. The summed E-state index contributed by atoms with van der Waals surface area (Å²) in [7, 11) is 1.70. The first-order valence-electron chi connectivity index (χ1n) is 6.64. The molecule has 0 fully saturated rings. The number of nitrogens with one attached hydrogen (secondary N) is 1. The average molecular weight is 266 g/mol. The van der Waals surface area contributed by atoms with Crippen molar-refractivity contribution < 1.29 is 4.74 Å². The number of hydrogen-bond acceptors (Lipinski definition) is 5. The number of methoxy groups -OCH3 is 1. The molecule has 0 aliphatic rings. The van der Waals surface area contributed by atoms with E-state index in [-0.39, 0.29) is 11.5 Å². The Morgan fingerprint density at radius 1 is 1.32 bits per heavy atom. The maximum atomic E-state index is 5.86. The van der Waals surface area contributed by atoms with Gasteiger partial charge in [-0.2, -0.15) is 0 Å². The van der Waals surface area contributed by atoms with E-state index in [1.165, 1.54) is 0 Å². The van der Waals surface area contributed by atoms with Crippen LogP contribution in [0.5, 0.6) is 0 Å². The van der Waals surface area contributed by atoms with Crippen LogP contribution >= 0.6 is 0 Å². The number of nitrogens with two attached hydrogens (primary N) is 1. The van der Waals surface area contributed by atoms with Crippen molar-refractivity contribution in [2.75, 3.05) is 24.8 Å². The summed E-state index contributed by atoms with van der Waals surface area (Å²) in [6.07, 6.45) is 0. The first kappa shape index (κ1) is 15.7. The second-order valence-electron chi connectivity index (χ2n) is 6.20. The molecule has 0 saturated carbocycles. The molecule has 1 heterocycles. The van der Waals surface area contributed by atoms with Gasteiger partial charge in [-0.1, -0.05) is 34.6 Å². The fourth-order valence-corrected chi connectivity index (χ4v) is 1.65. The lowest BCUT2D eigenvalue weighted by molar-refractivity contribution is 0.171. The predicted molar refractivity (Wildman–Crippen MR) is 79.3 cm³/mol. The van der Waals surface area contributed by atoms with Gasteiger partial charge in [0.15, 0.2) is 0 Å². The van der Waals surface area contributed by atoms with Gasteiger partial charge in [-0.15, -0.1) is 0 Å². The molecular weight excluding hydrogens is 240 g/mol. The van der Waals surface area contributed by atoms with Crippen LogP contribution in [0.25, 0.3) is 0 Å². The lowest BCUT2D eigenvalue weighted by Crippen LogP contribution is -2.31. The fourth-order valence-electron chi connectivity index (χ4n) is 1.65. The van der Waals surface area contributed by atoms with Crippen molar-refractivity contribution in [3.05, 3.63) is 11.9 Å². The molecule has 1 unspecified atom stereocenters. The van der Waals surface area contributed by atoms with Gasteiger partial charge in [0.2, 0.25) is 0 Å². The van der Waals surface area contributed by atoms with E-state index in [4.69, 9.17) is 10.5 Å². The van der Waals surface area contributed by atoms with Gasteiger partial charge in [0, 0.05) is 18.6 Å². The molecule has 5 nitrogen and oxygen atoms in total. The highest BCUT2D eigenvalue weighted by Gasteiger charge is 2.20. The van der Waals surface area contributed by atoms with E-state index in [1.807, 2.05) is 0 Å². The summed E-state index contributed by atoms with van der Waals surface area (Å²) in [5, 5.41) is 3.38. The van der Waals surface area contributed by atoms with Crippen molar-refractivity contribution in [3.63, 3.8) is 0 Å². The molecule has 0 saturated heterocycles. The minimum Gasteiger partial charge on any atom is -0.384 e. The molecule has 108 valence electrons. The molecule has 5 heteroatoms. The van der Waals surface area contributed by atoms with Crippen molar-refractivity contribution >= 4 is 11.6 Å². The maximum Gasteiger partial charge on any atom is 0.138 e. The summed E-state index contributed by atoms with van der Waals surface area (Å²) in [4.78, 5) is 8.85. The second kappa shape index (κ2) is 6.19. The average Bonchev–Trinajstić information content (AvgIpc) is 2.26. The SMILES string of the molecule is COCC(Nc1cc(N)nc(C(C)(C)C)n1)C(C)C. The molecule has 0 bridgehead atoms. The van der Waals surface area contributed by atoms with Gasteiger partial charge < -0.3 is 15.8 Å². The van der Waals surface area contributed by atoms with Crippen LogP contribution in [-0.2, 0) is 10.2 Å². The first-order valence-corrected chi connectivity index (χ1v) is 6.64. The predicted octanol–water partition coefficient (Wildman–Crippen LogP) is 2.44. The molecule has 3 N–H and O–H groups in total. The third-order valence-corrected chi connectivity index (χ3v) is 2.90. The van der Waals surface area contributed by atoms with Crippen molar-refractivity contribution in [2.24, 2.45) is 5.92 Å². The number of nitrogens with zero attached hydrogens (tertiary/aromatic N) is 2. The van der Waals surface area contributed by atoms with Gasteiger partial charge in [0.25, 0.3) is 0 Å². The number of anilines is 2. The zero-order valence-corrected chi connectivity index (χ0v) is 12.8. The normalized spacial score (nSPS) is 13.6. The second-order valence-corrected chi connectivity index (χ2v) is 6.20. The standard InChI is InChI=1S/C14H26N4O/c1-9(2)10(8-19-6)16-12-7-11(15)17-13(18-12)14(3,4)5/h7,9-10H,8H2,1-6H3,(H3,15,16,17,18). The molecule has 1 aromatic rings. The van der Waals surface area contributed by atoms with Gasteiger partial charge in [0.05, 0.1) is 12.6 Å². The van der Waals surface area contributed by atoms with E-state index in [2.05, 4.69) is 49.9 Å². The highest BCUT2D eigenvalue weighted by atomic mass is 16.5. The summed E-state index contributed by atoms with van der Waals surface area (Å²) in [6, 6.07) is 1.97. The van der Waals surface area contributed by atoms with E-state index in [0.717, 1.165) is 11.6 Å². The largest absolute Gasteiger partial charge is 0.384 e. The lowest BCUT2D eigenvalue weighted by atomic mass is 9.96. The van der Waals surface area contributed by atoms with Crippen molar-refractivity contribution in [1.82, 2.24) is 9.97 Å². The molecule has 0 amide bonds. The molecule has 0 radical (unpaired) electrons. The van der Waals surface area contributed by atoms with Gasteiger partial charge in [0.1, 0.15) is 17.5 Å². The lowest BCUT2D eigenvalue weighted by Gasteiger charge is -2.24. The van der Waals surface area contributed by atoms with Crippen LogP contribution in [0.4, 0.5) is 11.6 Å². The summed E-state index contributed by atoms with van der Waals surface area (Å²) in [5.41, 5.74) is 5.73. The zero-order chi connectivity index (χ0) is 14.6. The summed E-state index contributed by atoms with van der Waals surface area (Å²) in [6.45, 7) is 11.1. The molecule has 0 aromatic carbocycles. The Kier molecular flexibility index (Phi) is 5.11. The Labute approximate surface area is 116 Å². The molecule has 19 heavy (non-hydrogen) atoms. The Bertz CT molecular complexity index is 412. The van der Waals surface area contributed by atoms with Crippen molar-refractivity contribution in [2.45, 2.75) is 46.1 Å². The minimum atomic E-state index is -0.125. The summed E-state index contributed by atoms with van der Waals surface area (Å²) >= 11 is 0. The molecule has 1 aromatic heterocycles. The molecule has 0 aliphatic heterocycles. The Balaban J connectivity index is 2.97. The Morgan fingerprint density at radius 3 is 2.42 bits per heavy atom. The van der Waals surface area contributed by atoms with Gasteiger partial charge >= 0.3 is 0 Å². The van der Waals surface area contributed by atoms with E-state index in [9.17, 15) is 0 Å². The van der Waals surface area contributed by atoms with Crippen LogP contribution in [0.1, 0.15) is 40.4 Å².